The second-order valence-electron chi connectivity index (χ2n) is 6.66. The largest absolute Gasteiger partial charge is 0.387 e. The molecule has 24 heavy (non-hydrogen) atoms. The molecule has 1 fully saturated rings. The zero-order valence-corrected chi connectivity index (χ0v) is 14.3. The van der Waals surface area contributed by atoms with Crippen LogP contribution in [0.1, 0.15) is 23.7 Å². The molecule has 2 aromatic carbocycles. The van der Waals surface area contributed by atoms with Gasteiger partial charge in [0.2, 0.25) is 0 Å². The van der Waals surface area contributed by atoms with E-state index in [1.807, 2.05) is 30.3 Å². The Labute approximate surface area is 145 Å². The van der Waals surface area contributed by atoms with Crippen molar-refractivity contribution in [2.75, 3.05) is 39.3 Å². The summed E-state index contributed by atoms with van der Waals surface area (Å²) in [4.78, 5) is 4.93. The van der Waals surface area contributed by atoms with E-state index in [0.717, 1.165) is 44.7 Å². The molecule has 1 N–H and O–H groups in total. The van der Waals surface area contributed by atoms with E-state index in [4.69, 9.17) is 0 Å². The van der Waals surface area contributed by atoms with Gasteiger partial charge in [-0.1, -0.05) is 60.7 Å². The number of hydrogen-bond acceptors (Lipinski definition) is 3. The number of aryl methyl sites for hydroxylation is 1. The van der Waals surface area contributed by atoms with Crippen molar-refractivity contribution in [1.82, 2.24) is 9.80 Å². The Hall–Kier alpha value is -1.68. The van der Waals surface area contributed by atoms with Gasteiger partial charge < -0.3 is 10.0 Å². The van der Waals surface area contributed by atoms with E-state index in [-0.39, 0.29) is 6.10 Å². The molecule has 128 valence electrons. The quantitative estimate of drug-likeness (QED) is 0.848. The highest BCUT2D eigenvalue weighted by atomic mass is 16.3. The summed E-state index contributed by atoms with van der Waals surface area (Å²) in [7, 11) is 0. The van der Waals surface area contributed by atoms with Crippen LogP contribution in [-0.2, 0) is 6.42 Å². The molecule has 3 rings (SSSR count). The smallest absolute Gasteiger partial charge is 0.0916 e. The summed E-state index contributed by atoms with van der Waals surface area (Å²) in [6, 6.07) is 20.7. The van der Waals surface area contributed by atoms with Gasteiger partial charge in [-0.15, -0.1) is 0 Å². The average Bonchev–Trinajstić information content (AvgIpc) is 2.65. The van der Waals surface area contributed by atoms with Crippen molar-refractivity contribution >= 4 is 0 Å². The fourth-order valence-electron chi connectivity index (χ4n) is 3.37. The van der Waals surface area contributed by atoms with Gasteiger partial charge in [0.25, 0.3) is 0 Å². The first-order valence-corrected chi connectivity index (χ1v) is 9.03. The van der Waals surface area contributed by atoms with Gasteiger partial charge in [-0.2, -0.15) is 0 Å². The molecule has 0 aliphatic carbocycles. The molecule has 1 saturated heterocycles. The third kappa shape index (κ3) is 5.17. The van der Waals surface area contributed by atoms with Crippen molar-refractivity contribution in [1.29, 1.82) is 0 Å². The molecule has 1 aliphatic heterocycles. The van der Waals surface area contributed by atoms with Gasteiger partial charge in [-0.25, -0.2) is 0 Å². The molecule has 0 radical (unpaired) electrons. The number of piperazine rings is 1. The van der Waals surface area contributed by atoms with Gasteiger partial charge in [0.05, 0.1) is 6.10 Å². The van der Waals surface area contributed by atoms with Crippen LogP contribution >= 0.6 is 0 Å². The number of β-amino-alcohol motifs (C(OH)–C–C–N with tert-alkyl or cyclic N) is 1. The molecule has 1 atom stereocenters. The van der Waals surface area contributed by atoms with Crippen molar-refractivity contribution in [3.63, 3.8) is 0 Å². The highest BCUT2D eigenvalue weighted by molar-refractivity contribution is 5.17. The van der Waals surface area contributed by atoms with Crippen LogP contribution in [0, 0.1) is 0 Å². The predicted octanol–water partition coefficient (Wildman–Crippen LogP) is 2.97. The van der Waals surface area contributed by atoms with Crippen LogP contribution in [0.5, 0.6) is 0 Å². The first-order valence-electron chi connectivity index (χ1n) is 9.03. The molecule has 3 nitrogen and oxygen atoms in total. The summed E-state index contributed by atoms with van der Waals surface area (Å²) in [5.41, 5.74) is 2.45. The van der Waals surface area contributed by atoms with E-state index in [2.05, 4.69) is 40.1 Å². The van der Waals surface area contributed by atoms with Crippen LogP contribution in [0.25, 0.3) is 0 Å². The minimum atomic E-state index is -0.379. The molecule has 0 bridgehead atoms. The third-order valence-electron chi connectivity index (χ3n) is 4.86. The summed E-state index contributed by atoms with van der Waals surface area (Å²) < 4.78 is 0. The maximum Gasteiger partial charge on any atom is 0.0916 e. The number of nitrogens with zero attached hydrogens (tertiary/aromatic N) is 2. The average molecular weight is 324 g/mol. The van der Waals surface area contributed by atoms with E-state index in [1.165, 1.54) is 18.5 Å². The second kappa shape index (κ2) is 8.97. The van der Waals surface area contributed by atoms with Crippen molar-refractivity contribution in [2.45, 2.75) is 18.9 Å². The molecule has 1 unspecified atom stereocenters. The Morgan fingerprint density at radius 3 is 2.04 bits per heavy atom. The van der Waals surface area contributed by atoms with Gasteiger partial charge in [0.1, 0.15) is 0 Å². The maximum atomic E-state index is 10.4. The number of hydrogen-bond donors (Lipinski definition) is 1. The molecule has 0 aromatic heterocycles. The number of aliphatic hydroxyl groups is 1. The monoisotopic (exact) mass is 324 g/mol. The van der Waals surface area contributed by atoms with Crippen LogP contribution in [0.4, 0.5) is 0 Å². The first-order chi connectivity index (χ1) is 11.8. The van der Waals surface area contributed by atoms with Gasteiger partial charge in [-0.05, 0) is 30.5 Å². The lowest BCUT2D eigenvalue weighted by Crippen LogP contribution is -2.47. The molecule has 0 spiro atoms. The van der Waals surface area contributed by atoms with Crippen LogP contribution in [0.2, 0.25) is 0 Å². The Kier molecular flexibility index (Phi) is 6.41. The topological polar surface area (TPSA) is 26.7 Å². The van der Waals surface area contributed by atoms with Crippen molar-refractivity contribution in [3.8, 4) is 0 Å². The van der Waals surface area contributed by atoms with Crippen LogP contribution < -0.4 is 0 Å². The lowest BCUT2D eigenvalue weighted by atomic mass is 10.1. The lowest BCUT2D eigenvalue weighted by molar-refractivity contribution is 0.0722. The van der Waals surface area contributed by atoms with Crippen LogP contribution in [0.15, 0.2) is 60.7 Å². The minimum Gasteiger partial charge on any atom is -0.387 e. The molecule has 1 heterocycles. The Morgan fingerprint density at radius 2 is 1.38 bits per heavy atom. The molecule has 0 amide bonds. The van der Waals surface area contributed by atoms with Crippen molar-refractivity contribution in [3.05, 3.63) is 71.8 Å². The van der Waals surface area contributed by atoms with E-state index in [1.54, 1.807) is 0 Å². The summed E-state index contributed by atoms with van der Waals surface area (Å²) >= 11 is 0. The van der Waals surface area contributed by atoms with Gasteiger partial charge in [0, 0.05) is 32.7 Å². The SMILES string of the molecule is OC(CN1CCN(CCCc2ccccc2)CC1)c1ccccc1. The molecular formula is C21H28N2O. The van der Waals surface area contributed by atoms with Crippen LogP contribution in [-0.4, -0.2) is 54.2 Å². The maximum absolute atomic E-state index is 10.4. The van der Waals surface area contributed by atoms with E-state index >= 15 is 0 Å². The van der Waals surface area contributed by atoms with Gasteiger partial charge in [-0.3, -0.25) is 4.90 Å². The minimum absolute atomic E-state index is 0.379. The highest BCUT2D eigenvalue weighted by Crippen LogP contribution is 2.15. The van der Waals surface area contributed by atoms with Crippen molar-refractivity contribution < 1.29 is 5.11 Å². The summed E-state index contributed by atoms with van der Waals surface area (Å²) in [5, 5.41) is 10.4. The first kappa shape index (κ1) is 17.2. The Balaban J connectivity index is 1.35. The highest BCUT2D eigenvalue weighted by Gasteiger charge is 2.19. The summed E-state index contributed by atoms with van der Waals surface area (Å²) in [6.45, 7) is 6.23. The molecule has 3 heteroatoms. The third-order valence-corrected chi connectivity index (χ3v) is 4.86. The normalized spacial score (nSPS) is 17.7. The lowest BCUT2D eigenvalue weighted by Gasteiger charge is -2.35. The van der Waals surface area contributed by atoms with E-state index in [9.17, 15) is 5.11 Å². The molecule has 2 aromatic rings. The van der Waals surface area contributed by atoms with E-state index in [0.29, 0.717) is 0 Å². The summed E-state index contributed by atoms with van der Waals surface area (Å²) in [5.74, 6) is 0. The molecule has 0 saturated carbocycles. The van der Waals surface area contributed by atoms with Crippen LogP contribution in [0.3, 0.4) is 0 Å². The fraction of sp³-hybridized carbons (Fsp3) is 0.429. The predicted molar refractivity (Wildman–Crippen MR) is 99.0 cm³/mol. The Morgan fingerprint density at radius 1 is 0.792 bits per heavy atom. The number of aliphatic hydroxyl groups excluding tert-OH is 1. The standard InChI is InChI=1S/C21H28N2O/c24-21(20-11-5-2-6-12-20)18-23-16-14-22(15-17-23)13-7-10-19-8-3-1-4-9-19/h1-6,8-9,11-12,21,24H,7,10,13-18H2. The van der Waals surface area contributed by atoms with E-state index < -0.39 is 0 Å². The molecule has 1 aliphatic rings. The number of benzene rings is 2. The molecular weight excluding hydrogens is 296 g/mol. The zero-order valence-electron chi connectivity index (χ0n) is 14.3. The number of rotatable bonds is 7. The zero-order chi connectivity index (χ0) is 16.6. The van der Waals surface area contributed by atoms with Gasteiger partial charge >= 0.3 is 0 Å². The second-order valence-corrected chi connectivity index (χ2v) is 6.66. The summed E-state index contributed by atoms with van der Waals surface area (Å²) in [6.07, 6.45) is 2.00. The van der Waals surface area contributed by atoms with Crippen molar-refractivity contribution in [2.24, 2.45) is 0 Å². The Bertz CT molecular complexity index is 579. The van der Waals surface area contributed by atoms with Gasteiger partial charge in [0.15, 0.2) is 0 Å². The fourth-order valence-corrected chi connectivity index (χ4v) is 3.37.